The summed E-state index contributed by atoms with van der Waals surface area (Å²) in [6.45, 7) is 11.6. The first-order valence-corrected chi connectivity index (χ1v) is 8.94. The Morgan fingerprint density at radius 1 is 1.50 bits per heavy atom. The van der Waals surface area contributed by atoms with E-state index in [1.165, 1.54) is 5.69 Å². The van der Waals surface area contributed by atoms with Gasteiger partial charge in [-0.1, -0.05) is 0 Å². The van der Waals surface area contributed by atoms with E-state index in [1.807, 2.05) is 25.7 Å². The highest BCUT2D eigenvalue weighted by atomic mass is 127. The van der Waals surface area contributed by atoms with Gasteiger partial charge in [0.25, 0.3) is 0 Å². The Balaban J connectivity index is 1.79. The number of aromatic nitrogens is 2. The summed E-state index contributed by atoms with van der Waals surface area (Å²) >= 11 is 2.27. The van der Waals surface area contributed by atoms with Crippen LogP contribution in [0.3, 0.4) is 0 Å². The maximum atomic E-state index is 12.3. The first-order chi connectivity index (χ1) is 10.1. The third-order valence-electron chi connectivity index (χ3n) is 4.50. The second-order valence-corrected chi connectivity index (χ2v) is 8.91. The molecule has 122 valence electrons. The summed E-state index contributed by atoms with van der Waals surface area (Å²) < 4.78 is 8.67. The number of ether oxygens (including phenoxy) is 1. The van der Waals surface area contributed by atoms with Gasteiger partial charge in [0, 0.05) is 30.2 Å². The third-order valence-corrected chi connectivity index (χ3v) is 5.03. The lowest BCUT2D eigenvalue weighted by Gasteiger charge is -2.26. The monoisotopic (exact) mass is 417 g/mol. The Morgan fingerprint density at radius 3 is 2.77 bits per heavy atom. The molecule has 22 heavy (non-hydrogen) atoms. The maximum absolute atomic E-state index is 12.3. The lowest BCUT2D eigenvalue weighted by Crippen LogP contribution is -2.38. The summed E-state index contributed by atoms with van der Waals surface area (Å²) in [7, 11) is 0. The number of likely N-dealkylation sites (tertiary alicyclic amines) is 1. The number of nitrogens with zero attached hydrogens (tertiary/aromatic N) is 3. The molecular weight excluding hydrogens is 393 g/mol. The van der Waals surface area contributed by atoms with Gasteiger partial charge in [0.2, 0.25) is 0 Å². The highest BCUT2D eigenvalue weighted by molar-refractivity contribution is 14.1. The molecule has 2 fully saturated rings. The van der Waals surface area contributed by atoms with Crippen molar-refractivity contribution in [2.24, 2.45) is 5.92 Å². The number of fused-ring (bicyclic) bond motifs is 1. The van der Waals surface area contributed by atoms with Crippen molar-refractivity contribution in [2.45, 2.75) is 58.1 Å². The SMILES string of the molecule is CC(C)n1nc(I)cc1C12CC1CN(C(=O)OC(C)(C)C)C2. The molecule has 0 bridgehead atoms. The fourth-order valence-corrected chi connectivity index (χ4v) is 4.00. The number of halogens is 1. The molecule has 1 amide bonds. The van der Waals surface area contributed by atoms with Crippen LogP contribution in [0.25, 0.3) is 0 Å². The minimum Gasteiger partial charge on any atom is -0.444 e. The van der Waals surface area contributed by atoms with E-state index in [-0.39, 0.29) is 11.5 Å². The van der Waals surface area contributed by atoms with Crippen LogP contribution in [0.5, 0.6) is 0 Å². The Morgan fingerprint density at radius 2 is 2.18 bits per heavy atom. The van der Waals surface area contributed by atoms with Crippen LogP contribution in [0.4, 0.5) is 4.79 Å². The molecule has 0 spiro atoms. The fourth-order valence-electron chi connectivity index (χ4n) is 3.48. The third kappa shape index (κ3) is 2.74. The maximum Gasteiger partial charge on any atom is 0.410 e. The average molecular weight is 417 g/mol. The zero-order chi connectivity index (χ0) is 16.3. The van der Waals surface area contributed by atoms with Crippen molar-refractivity contribution in [3.63, 3.8) is 0 Å². The summed E-state index contributed by atoms with van der Waals surface area (Å²) in [5.74, 6) is 0.546. The number of amides is 1. The largest absolute Gasteiger partial charge is 0.444 e. The van der Waals surface area contributed by atoms with Gasteiger partial charge in [0.05, 0.1) is 0 Å². The van der Waals surface area contributed by atoms with Crippen molar-refractivity contribution >= 4 is 28.7 Å². The second-order valence-electron chi connectivity index (χ2n) is 7.81. The van der Waals surface area contributed by atoms with Crippen molar-refractivity contribution in [1.82, 2.24) is 14.7 Å². The molecular formula is C16H24IN3O2. The van der Waals surface area contributed by atoms with E-state index in [4.69, 9.17) is 4.74 Å². The highest BCUT2D eigenvalue weighted by Crippen LogP contribution is 2.59. The van der Waals surface area contributed by atoms with Gasteiger partial charge in [0.15, 0.2) is 0 Å². The number of carbonyl (C=O) groups is 1. The van der Waals surface area contributed by atoms with Gasteiger partial charge in [-0.05, 0) is 75.6 Å². The molecule has 1 aliphatic carbocycles. The molecule has 1 aromatic heterocycles. The molecule has 2 atom stereocenters. The van der Waals surface area contributed by atoms with Gasteiger partial charge >= 0.3 is 6.09 Å². The smallest absolute Gasteiger partial charge is 0.410 e. The van der Waals surface area contributed by atoms with Crippen molar-refractivity contribution < 1.29 is 9.53 Å². The Bertz CT molecular complexity index is 605. The lowest BCUT2D eigenvalue weighted by atomic mass is 10.0. The molecule has 0 N–H and O–H groups in total. The average Bonchev–Trinajstić information content (AvgIpc) is 2.76. The summed E-state index contributed by atoms with van der Waals surface area (Å²) in [5, 5.41) is 4.62. The van der Waals surface area contributed by atoms with Gasteiger partial charge in [0.1, 0.15) is 9.30 Å². The number of hydrogen-bond donors (Lipinski definition) is 0. The van der Waals surface area contributed by atoms with E-state index in [1.54, 1.807) is 0 Å². The standard InChI is InChI=1S/C16H24IN3O2/c1-10(2)20-12(6-13(17)18-20)16-7-11(16)8-19(9-16)14(21)22-15(3,4)5/h6,10-11H,7-9H2,1-5H3. The Labute approximate surface area is 145 Å². The molecule has 5 nitrogen and oxygen atoms in total. The number of rotatable bonds is 2. The minimum absolute atomic E-state index is 0.0948. The van der Waals surface area contributed by atoms with Crippen molar-refractivity contribution in [3.8, 4) is 0 Å². The summed E-state index contributed by atoms with van der Waals surface area (Å²) in [5.41, 5.74) is 0.937. The first-order valence-electron chi connectivity index (χ1n) is 7.86. The number of piperidine rings is 1. The molecule has 6 heteroatoms. The molecule has 2 aliphatic rings. The fraction of sp³-hybridized carbons (Fsp3) is 0.750. The molecule has 3 rings (SSSR count). The van der Waals surface area contributed by atoms with Crippen molar-refractivity contribution in [2.75, 3.05) is 13.1 Å². The van der Waals surface area contributed by atoms with Gasteiger partial charge in [-0.2, -0.15) is 5.10 Å². The van der Waals surface area contributed by atoms with Crippen LogP contribution < -0.4 is 0 Å². The molecule has 2 heterocycles. The highest BCUT2D eigenvalue weighted by Gasteiger charge is 2.63. The van der Waals surface area contributed by atoms with Crippen LogP contribution in [-0.4, -0.2) is 39.5 Å². The normalized spacial score (nSPS) is 27.2. The van der Waals surface area contributed by atoms with Gasteiger partial charge in [-0.3, -0.25) is 4.68 Å². The second kappa shape index (κ2) is 5.11. The van der Waals surface area contributed by atoms with Crippen LogP contribution in [0.2, 0.25) is 0 Å². The summed E-state index contributed by atoms with van der Waals surface area (Å²) in [6, 6.07) is 2.52. The minimum atomic E-state index is -0.438. The van der Waals surface area contributed by atoms with Crippen molar-refractivity contribution in [1.29, 1.82) is 0 Å². The lowest BCUT2D eigenvalue weighted by molar-refractivity contribution is 0.0269. The zero-order valence-electron chi connectivity index (χ0n) is 13.9. The van der Waals surface area contributed by atoms with E-state index in [9.17, 15) is 4.79 Å². The van der Waals surface area contributed by atoms with Crippen LogP contribution in [0.1, 0.15) is 52.8 Å². The predicted molar refractivity (Wildman–Crippen MR) is 92.9 cm³/mol. The molecule has 1 aliphatic heterocycles. The van der Waals surface area contributed by atoms with Crippen LogP contribution in [-0.2, 0) is 10.2 Å². The quantitative estimate of drug-likeness (QED) is 0.692. The van der Waals surface area contributed by atoms with Crippen LogP contribution >= 0.6 is 22.6 Å². The summed E-state index contributed by atoms with van der Waals surface area (Å²) in [4.78, 5) is 14.2. The van der Waals surface area contributed by atoms with E-state index in [0.29, 0.717) is 12.0 Å². The molecule has 0 aromatic carbocycles. The van der Waals surface area contributed by atoms with E-state index >= 15 is 0 Å². The van der Waals surface area contributed by atoms with Crippen LogP contribution in [0.15, 0.2) is 6.07 Å². The van der Waals surface area contributed by atoms with Crippen molar-refractivity contribution in [3.05, 3.63) is 15.5 Å². The van der Waals surface area contributed by atoms with Gasteiger partial charge in [-0.25, -0.2) is 4.79 Å². The zero-order valence-corrected chi connectivity index (χ0v) is 16.0. The van der Waals surface area contributed by atoms with E-state index in [0.717, 1.165) is 23.2 Å². The number of carbonyl (C=O) groups excluding carboxylic acids is 1. The molecule has 1 aromatic rings. The van der Waals surface area contributed by atoms with Gasteiger partial charge < -0.3 is 9.64 Å². The molecule has 1 saturated heterocycles. The Hall–Kier alpha value is -0.790. The summed E-state index contributed by atoms with van der Waals surface area (Å²) in [6.07, 6.45) is 0.963. The molecule has 2 unspecified atom stereocenters. The number of hydrogen-bond acceptors (Lipinski definition) is 3. The van der Waals surface area contributed by atoms with Crippen LogP contribution in [0, 0.1) is 9.62 Å². The van der Waals surface area contributed by atoms with E-state index in [2.05, 4.69) is 52.3 Å². The Kier molecular flexibility index (Phi) is 3.73. The predicted octanol–water partition coefficient (Wildman–Crippen LogP) is 3.58. The molecule has 0 radical (unpaired) electrons. The topological polar surface area (TPSA) is 47.4 Å². The molecule has 1 saturated carbocycles. The first kappa shape index (κ1) is 16.1. The van der Waals surface area contributed by atoms with E-state index < -0.39 is 5.60 Å². The van der Waals surface area contributed by atoms with Gasteiger partial charge in [-0.15, -0.1) is 0 Å².